The molecular weight excluding hydrogens is 332 g/mol. The average molecular weight is 346 g/mol. The molecule has 7 heteroatoms. The Labute approximate surface area is 125 Å². The summed E-state index contributed by atoms with van der Waals surface area (Å²) in [7, 11) is 3.41. The summed E-state index contributed by atoms with van der Waals surface area (Å²) in [4.78, 5) is 8.84. The lowest BCUT2D eigenvalue weighted by molar-refractivity contribution is 0.374. The second-order valence-electron chi connectivity index (χ2n) is 4.05. The minimum atomic E-state index is 0.396. The van der Waals surface area contributed by atoms with Gasteiger partial charge >= 0.3 is 0 Å². The number of aromatic nitrogens is 4. The van der Waals surface area contributed by atoms with Crippen LogP contribution in [0.3, 0.4) is 0 Å². The zero-order valence-corrected chi connectivity index (χ0v) is 13.5. The van der Waals surface area contributed by atoms with Crippen molar-refractivity contribution in [3.05, 3.63) is 21.0 Å². The van der Waals surface area contributed by atoms with Crippen LogP contribution in [0.1, 0.15) is 18.3 Å². The van der Waals surface area contributed by atoms with Crippen molar-refractivity contribution in [1.82, 2.24) is 19.7 Å². The summed E-state index contributed by atoms with van der Waals surface area (Å²) in [6.45, 7) is 3.91. The van der Waals surface area contributed by atoms with E-state index in [9.17, 15) is 0 Å². The van der Waals surface area contributed by atoms with Gasteiger partial charge in [-0.1, -0.05) is 18.5 Å². The molecule has 0 N–H and O–H groups in total. The Bertz CT molecular complexity index is 627. The van der Waals surface area contributed by atoms with Gasteiger partial charge in [0.05, 0.1) is 23.0 Å². The molecule has 0 fully saturated rings. The van der Waals surface area contributed by atoms with Crippen LogP contribution in [-0.4, -0.2) is 26.9 Å². The van der Waals surface area contributed by atoms with Crippen molar-refractivity contribution in [1.29, 1.82) is 0 Å². The van der Waals surface area contributed by atoms with Gasteiger partial charge in [0.2, 0.25) is 5.88 Å². The largest absolute Gasteiger partial charge is 0.481 e. The molecule has 0 saturated heterocycles. The highest BCUT2D eigenvalue weighted by Crippen LogP contribution is 2.33. The smallest absolute Gasteiger partial charge is 0.222 e. The summed E-state index contributed by atoms with van der Waals surface area (Å²) in [5.74, 6) is 1.16. The van der Waals surface area contributed by atoms with E-state index in [0.29, 0.717) is 16.9 Å². The maximum atomic E-state index is 6.14. The molecule has 0 aliphatic heterocycles. The second-order valence-corrected chi connectivity index (χ2v) is 5.20. The Morgan fingerprint density at radius 2 is 2.05 bits per heavy atom. The summed E-state index contributed by atoms with van der Waals surface area (Å²) in [5.41, 5.74) is 2.44. The Morgan fingerprint density at radius 1 is 1.37 bits per heavy atom. The molecule has 0 atom stereocenters. The second kappa shape index (κ2) is 5.46. The first-order valence-corrected chi connectivity index (χ1v) is 6.96. The molecule has 5 nitrogen and oxygen atoms in total. The molecule has 0 radical (unpaired) electrons. The number of hydrogen-bond donors (Lipinski definition) is 0. The molecule has 0 spiro atoms. The molecule has 2 aromatic rings. The van der Waals surface area contributed by atoms with Gasteiger partial charge in [-0.15, -0.1) is 0 Å². The molecule has 2 heterocycles. The minimum Gasteiger partial charge on any atom is -0.481 e. The number of rotatable bonds is 3. The Morgan fingerprint density at radius 3 is 2.63 bits per heavy atom. The van der Waals surface area contributed by atoms with E-state index in [2.05, 4.69) is 31.0 Å². The van der Waals surface area contributed by atoms with Crippen LogP contribution in [0.5, 0.6) is 5.88 Å². The van der Waals surface area contributed by atoms with Crippen LogP contribution in [0.25, 0.3) is 11.4 Å². The molecular formula is C12H14BrClN4O. The summed E-state index contributed by atoms with van der Waals surface area (Å²) >= 11 is 9.53. The SMILES string of the molecule is CCc1nc(-c2c(C)nn(C)c2OC)nc(Cl)c1Br. The number of ether oxygens (including phenoxy) is 1. The maximum absolute atomic E-state index is 6.14. The Hall–Kier alpha value is -1.14. The van der Waals surface area contributed by atoms with Crippen molar-refractivity contribution >= 4 is 27.5 Å². The zero-order chi connectivity index (χ0) is 14.2. The van der Waals surface area contributed by atoms with Gasteiger partial charge in [-0.25, -0.2) is 14.6 Å². The van der Waals surface area contributed by atoms with Crippen LogP contribution in [0.2, 0.25) is 5.15 Å². The van der Waals surface area contributed by atoms with Crippen LogP contribution in [-0.2, 0) is 13.5 Å². The zero-order valence-electron chi connectivity index (χ0n) is 11.2. The highest BCUT2D eigenvalue weighted by atomic mass is 79.9. The van der Waals surface area contributed by atoms with Crippen molar-refractivity contribution in [3.63, 3.8) is 0 Å². The van der Waals surface area contributed by atoms with Gasteiger partial charge in [0.15, 0.2) is 5.82 Å². The van der Waals surface area contributed by atoms with Crippen molar-refractivity contribution < 1.29 is 4.74 Å². The fraction of sp³-hybridized carbons (Fsp3) is 0.417. The molecule has 0 unspecified atom stereocenters. The number of methoxy groups -OCH3 is 1. The molecule has 0 aliphatic rings. The first kappa shape index (κ1) is 14.3. The van der Waals surface area contributed by atoms with E-state index in [4.69, 9.17) is 16.3 Å². The van der Waals surface area contributed by atoms with E-state index in [1.54, 1.807) is 11.8 Å². The third-order valence-electron chi connectivity index (χ3n) is 2.80. The maximum Gasteiger partial charge on any atom is 0.222 e. The average Bonchev–Trinajstić information content (AvgIpc) is 2.66. The van der Waals surface area contributed by atoms with Crippen LogP contribution in [0.15, 0.2) is 4.47 Å². The monoisotopic (exact) mass is 344 g/mol. The van der Waals surface area contributed by atoms with Gasteiger partial charge in [0.1, 0.15) is 10.7 Å². The van der Waals surface area contributed by atoms with E-state index in [1.165, 1.54) is 0 Å². The first-order chi connectivity index (χ1) is 8.99. The number of halogens is 2. The number of hydrogen-bond acceptors (Lipinski definition) is 4. The van der Waals surface area contributed by atoms with Crippen molar-refractivity contribution in [2.45, 2.75) is 20.3 Å². The van der Waals surface area contributed by atoms with Crippen LogP contribution >= 0.6 is 27.5 Å². The topological polar surface area (TPSA) is 52.8 Å². The molecule has 2 rings (SSSR count). The molecule has 102 valence electrons. The lowest BCUT2D eigenvalue weighted by Crippen LogP contribution is -2.00. The third kappa shape index (κ3) is 2.47. The first-order valence-electron chi connectivity index (χ1n) is 5.79. The quantitative estimate of drug-likeness (QED) is 0.802. The highest BCUT2D eigenvalue weighted by molar-refractivity contribution is 9.10. The van der Waals surface area contributed by atoms with E-state index < -0.39 is 0 Å². The fourth-order valence-electron chi connectivity index (χ4n) is 1.94. The van der Waals surface area contributed by atoms with Gasteiger partial charge < -0.3 is 4.74 Å². The molecule has 0 aliphatic carbocycles. The Kier molecular flexibility index (Phi) is 4.10. The predicted molar refractivity (Wildman–Crippen MR) is 77.6 cm³/mol. The van der Waals surface area contributed by atoms with Gasteiger partial charge in [0, 0.05) is 7.05 Å². The normalized spacial score (nSPS) is 10.8. The molecule has 0 saturated carbocycles. The minimum absolute atomic E-state index is 0.396. The molecule has 0 bridgehead atoms. The molecule has 0 aromatic carbocycles. The van der Waals surface area contributed by atoms with Crippen LogP contribution < -0.4 is 4.74 Å². The van der Waals surface area contributed by atoms with E-state index in [1.807, 2.05) is 20.9 Å². The van der Waals surface area contributed by atoms with Crippen molar-refractivity contribution in [3.8, 4) is 17.3 Å². The van der Waals surface area contributed by atoms with Gasteiger partial charge in [-0.2, -0.15) is 5.10 Å². The summed E-state index contributed by atoms with van der Waals surface area (Å²) in [6, 6.07) is 0. The molecule has 19 heavy (non-hydrogen) atoms. The number of nitrogens with zero attached hydrogens (tertiary/aromatic N) is 4. The van der Waals surface area contributed by atoms with Gasteiger partial charge in [0.25, 0.3) is 0 Å². The van der Waals surface area contributed by atoms with Crippen molar-refractivity contribution in [2.75, 3.05) is 7.11 Å². The molecule has 2 aromatic heterocycles. The predicted octanol–water partition coefficient (Wildman–Crippen LogP) is 3.17. The molecule has 0 amide bonds. The number of aryl methyl sites for hydroxylation is 3. The third-order valence-corrected chi connectivity index (χ3v) is 4.14. The van der Waals surface area contributed by atoms with E-state index >= 15 is 0 Å². The van der Waals surface area contributed by atoms with E-state index in [0.717, 1.165) is 27.8 Å². The Balaban J connectivity index is 2.69. The van der Waals surface area contributed by atoms with Crippen LogP contribution in [0.4, 0.5) is 0 Å². The lowest BCUT2D eigenvalue weighted by atomic mass is 10.2. The standard InChI is InChI=1S/C12H14BrClN4O/c1-5-7-9(13)10(14)16-11(15-7)8-6(2)17-18(3)12(8)19-4/h5H2,1-4H3. The lowest BCUT2D eigenvalue weighted by Gasteiger charge is -2.08. The summed E-state index contributed by atoms with van der Waals surface area (Å²) in [5, 5.41) is 4.72. The van der Waals surface area contributed by atoms with E-state index in [-0.39, 0.29) is 0 Å². The summed E-state index contributed by atoms with van der Waals surface area (Å²) < 4.78 is 7.76. The summed E-state index contributed by atoms with van der Waals surface area (Å²) in [6.07, 6.45) is 0.761. The van der Waals surface area contributed by atoms with Gasteiger partial charge in [-0.3, -0.25) is 0 Å². The highest BCUT2D eigenvalue weighted by Gasteiger charge is 2.20. The van der Waals surface area contributed by atoms with Gasteiger partial charge in [-0.05, 0) is 29.3 Å². The van der Waals surface area contributed by atoms with Crippen molar-refractivity contribution in [2.24, 2.45) is 7.05 Å². The fourth-order valence-corrected chi connectivity index (χ4v) is 2.58. The van der Waals surface area contributed by atoms with Crippen LogP contribution in [0, 0.1) is 6.92 Å².